The molecule has 2 saturated carbocycles. The molecule has 2 fully saturated rings. The SMILES string of the molecule is CC1CCC(CN)(CC2CC2)CC1. The van der Waals surface area contributed by atoms with E-state index in [1.165, 1.54) is 44.9 Å². The Labute approximate surface area is 82.1 Å². The number of nitrogens with two attached hydrogens (primary N) is 1. The minimum absolute atomic E-state index is 0.563. The highest BCUT2D eigenvalue weighted by atomic mass is 14.6. The first kappa shape index (κ1) is 9.51. The molecule has 0 spiro atoms. The van der Waals surface area contributed by atoms with Crippen LogP contribution >= 0.6 is 0 Å². The smallest absolute Gasteiger partial charge is 0.00204 e. The Hall–Kier alpha value is -0.0400. The molecule has 0 bridgehead atoms. The first-order valence-electron chi connectivity index (χ1n) is 5.94. The van der Waals surface area contributed by atoms with Crippen molar-refractivity contribution >= 4 is 0 Å². The predicted octanol–water partition coefficient (Wildman–Crippen LogP) is 2.94. The Balaban J connectivity index is 1.89. The summed E-state index contributed by atoms with van der Waals surface area (Å²) in [6.45, 7) is 3.33. The van der Waals surface area contributed by atoms with Crippen LogP contribution in [0.4, 0.5) is 0 Å². The second kappa shape index (κ2) is 3.61. The second-order valence-corrected chi connectivity index (χ2v) is 5.53. The molecule has 0 aromatic heterocycles. The number of hydrogen-bond acceptors (Lipinski definition) is 1. The molecule has 1 nitrogen and oxygen atoms in total. The normalized spacial score (nSPS) is 40.6. The summed E-state index contributed by atoms with van der Waals surface area (Å²) in [5.41, 5.74) is 6.52. The van der Waals surface area contributed by atoms with Gasteiger partial charge in [-0.15, -0.1) is 0 Å². The van der Waals surface area contributed by atoms with Gasteiger partial charge in [-0.25, -0.2) is 0 Å². The molecule has 0 aromatic rings. The summed E-state index contributed by atoms with van der Waals surface area (Å²) in [4.78, 5) is 0. The highest BCUT2D eigenvalue weighted by Gasteiger charge is 2.37. The fraction of sp³-hybridized carbons (Fsp3) is 1.00. The molecule has 0 atom stereocenters. The minimum atomic E-state index is 0.563. The van der Waals surface area contributed by atoms with Crippen molar-refractivity contribution in [1.29, 1.82) is 0 Å². The average Bonchev–Trinajstić information content (AvgIpc) is 2.94. The van der Waals surface area contributed by atoms with Crippen LogP contribution < -0.4 is 5.73 Å². The van der Waals surface area contributed by atoms with Gasteiger partial charge in [-0.05, 0) is 43.1 Å². The monoisotopic (exact) mass is 181 g/mol. The van der Waals surface area contributed by atoms with Gasteiger partial charge in [-0.2, -0.15) is 0 Å². The van der Waals surface area contributed by atoms with Crippen LogP contribution in [-0.2, 0) is 0 Å². The Kier molecular flexibility index (Phi) is 2.64. The zero-order chi connectivity index (χ0) is 9.31. The van der Waals surface area contributed by atoms with E-state index in [-0.39, 0.29) is 0 Å². The van der Waals surface area contributed by atoms with Crippen LogP contribution in [0.3, 0.4) is 0 Å². The molecule has 76 valence electrons. The predicted molar refractivity (Wildman–Crippen MR) is 56.5 cm³/mol. The molecule has 0 heterocycles. The third kappa shape index (κ3) is 2.25. The van der Waals surface area contributed by atoms with E-state index in [9.17, 15) is 0 Å². The molecule has 2 N–H and O–H groups in total. The fourth-order valence-corrected chi connectivity index (χ4v) is 2.80. The summed E-state index contributed by atoms with van der Waals surface area (Å²) >= 11 is 0. The van der Waals surface area contributed by atoms with E-state index in [0.717, 1.165) is 18.4 Å². The third-order valence-corrected chi connectivity index (χ3v) is 4.19. The molecule has 0 aromatic carbocycles. The molecule has 0 saturated heterocycles. The molecule has 1 heteroatoms. The Morgan fingerprint density at radius 3 is 2.23 bits per heavy atom. The van der Waals surface area contributed by atoms with E-state index in [1.54, 1.807) is 0 Å². The van der Waals surface area contributed by atoms with Gasteiger partial charge in [0, 0.05) is 0 Å². The van der Waals surface area contributed by atoms with Gasteiger partial charge in [-0.3, -0.25) is 0 Å². The van der Waals surface area contributed by atoms with E-state index >= 15 is 0 Å². The van der Waals surface area contributed by atoms with Crippen LogP contribution in [0.5, 0.6) is 0 Å². The summed E-state index contributed by atoms with van der Waals surface area (Å²) in [5.74, 6) is 2.01. The maximum atomic E-state index is 5.96. The van der Waals surface area contributed by atoms with Gasteiger partial charge < -0.3 is 5.73 Å². The van der Waals surface area contributed by atoms with E-state index in [0.29, 0.717) is 5.41 Å². The Morgan fingerprint density at radius 1 is 1.15 bits per heavy atom. The molecule has 2 aliphatic carbocycles. The van der Waals surface area contributed by atoms with E-state index in [1.807, 2.05) is 0 Å². The molecule has 0 amide bonds. The van der Waals surface area contributed by atoms with Crippen molar-refractivity contribution in [3.05, 3.63) is 0 Å². The molecule has 2 aliphatic rings. The molecule has 0 aliphatic heterocycles. The van der Waals surface area contributed by atoms with Gasteiger partial charge in [0.1, 0.15) is 0 Å². The summed E-state index contributed by atoms with van der Waals surface area (Å²) in [5, 5.41) is 0. The fourth-order valence-electron chi connectivity index (χ4n) is 2.80. The summed E-state index contributed by atoms with van der Waals surface area (Å²) in [6, 6.07) is 0. The molecular formula is C12H23N. The minimum Gasteiger partial charge on any atom is -0.330 e. The van der Waals surface area contributed by atoms with Crippen LogP contribution in [0.1, 0.15) is 51.9 Å². The highest BCUT2D eigenvalue weighted by molar-refractivity contribution is 4.90. The van der Waals surface area contributed by atoms with Crippen molar-refractivity contribution in [1.82, 2.24) is 0 Å². The van der Waals surface area contributed by atoms with Gasteiger partial charge >= 0.3 is 0 Å². The van der Waals surface area contributed by atoms with Gasteiger partial charge in [0.05, 0.1) is 0 Å². The zero-order valence-corrected chi connectivity index (χ0v) is 8.89. The third-order valence-electron chi connectivity index (χ3n) is 4.19. The van der Waals surface area contributed by atoms with Gasteiger partial charge in [0.25, 0.3) is 0 Å². The topological polar surface area (TPSA) is 26.0 Å². The van der Waals surface area contributed by atoms with Gasteiger partial charge in [0.2, 0.25) is 0 Å². The molecule has 13 heavy (non-hydrogen) atoms. The average molecular weight is 181 g/mol. The van der Waals surface area contributed by atoms with Crippen LogP contribution in [0, 0.1) is 17.3 Å². The van der Waals surface area contributed by atoms with E-state index < -0.39 is 0 Å². The van der Waals surface area contributed by atoms with Crippen LogP contribution in [0.25, 0.3) is 0 Å². The Bertz CT molecular complexity index is 164. The molecule has 2 rings (SSSR count). The molecular weight excluding hydrogens is 158 g/mol. The maximum absolute atomic E-state index is 5.96. The lowest BCUT2D eigenvalue weighted by Gasteiger charge is -2.39. The van der Waals surface area contributed by atoms with Crippen LogP contribution in [0.15, 0.2) is 0 Å². The van der Waals surface area contributed by atoms with Gasteiger partial charge in [0.15, 0.2) is 0 Å². The molecule has 0 radical (unpaired) electrons. The van der Waals surface area contributed by atoms with Crippen molar-refractivity contribution in [3.63, 3.8) is 0 Å². The lowest BCUT2D eigenvalue weighted by atomic mass is 9.68. The van der Waals surface area contributed by atoms with E-state index in [2.05, 4.69) is 6.92 Å². The Morgan fingerprint density at radius 2 is 1.77 bits per heavy atom. The quantitative estimate of drug-likeness (QED) is 0.711. The van der Waals surface area contributed by atoms with Crippen molar-refractivity contribution in [3.8, 4) is 0 Å². The van der Waals surface area contributed by atoms with Crippen LogP contribution in [-0.4, -0.2) is 6.54 Å². The first-order valence-corrected chi connectivity index (χ1v) is 5.94. The molecule has 0 unspecified atom stereocenters. The lowest BCUT2D eigenvalue weighted by molar-refractivity contribution is 0.143. The summed E-state index contributed by atoms with van der Waals surface area (Å²) in [6.07, 6.45) is 10.1. The lowest BCUT2D eigenvalue weighted by Crippen LogP contribution is -2.34. The van der Waals surface area contributed by atoms with Gasteiger partial charge in [-0.1, -0.05) is 32.6 Å². The number of hydrogen-bond donors (Lipinski definition) is 1. The standard InChI is InChI=1S/C12H23N/c1-10-4-6-12(9-13,7-5-10)8-11-2-3-11/h10-11H,2-9,13H2,1H3. The van der Waals surface area contributed by atoms with Crippen molar-refractivity contribution in [2.75, 3.05) is 6.54 Å². The van der Waals surface area contributed by atoms with Crippen molar-refractivity contribution < 1.29 is 0 Å². The summed E-state index contributed by atoms with van der Waals surface area (Å²) in [7, 11) is 0. The zero-order valence-electron chi connectivity index (χ0n) is 8.89. The largest absolute Gasteiger partial charge is 0.330 e. The first-order chi connectivity index (χ1) is 6.24. The maximum Gasteiger partial charge on any atom is -0.00204 e. The summed E-state index contributed by atoms with van der Waals surface area (Å²) < 4.78 is 0. The van der Waals surface area contributed by atoms with Crippen LogP contribution in [0.2, 0.25) is 0 Å². The van der Waals surface area contributed by atoms with E-state index in [4.69, 9.17) is 5.73 Å². The van der Waals surface area contributed by atoms with Crippen molar-refractivity contribution in [2.24, 2.45) is 23.0 Å². The second-order valence-electron chi connectivity index (χ2n) is 5.53. The number of rotatable bonds is 3. The highest BCUT2D eigenvalue weighted by Crippen LogP contribution is 2.48. The van der Waals surface area contributed by atoms with Crippen molar-refractivity contribution in [2.45, 2.75) is 51.9 Å².